The van der Waals surface area contributed by atoms with Crippen LogP contribution < -0.4 is 10.6 Å². The molecule has 0 bridgehead atoms. The van der Waals surface area contributed by atoms with Gasteiger partial charge in [0.1, 0.15) is 0 Å². The molecule has 7 nitrogen and oxygen atoms in total. The molecule has 1 aliphatic heterocycles. The second-order valence-corrected chi connectivity index (χ2v) is 5.99. The van der Waals surface area contributed by atoms with E-state index < -0.39 is 0 Å². The molecule has 3 aromatic rings. The van der Waals surface area contributed by atoms with Gasteiger partial charge in [-0.25, -0.2) is 4.98 Å². The Labute approximate surface area is 139 Å². The summed E-state index contributed by atoms with van der Waals surface area (Å²) in [6, 6.07) is 8.06. The van der Waals surface area contributed by atoms with Crippen LogP contribution in [0.1, 0.15) is 28.2 Å². The molecular weight excluding hydrogens is 304 g/mol. The van der Waals surface area contributed by atoms with E-state index in [0.29, 0.717) is 18.8 Å². The number of hydrogen-bond acceptors (Lipinski definition) is 4. The molecule has 4 rings (SSSR count). The number of imidazole rings is 1. The second-order valence-electron chi connectivity index (χ2n) is 5.99. The van der Waals surface area contributed by atoms with Crippen molar-refractivity contribution in [1.82, 2.24) is 30.4 Å². The number of benzene rings is 1. The van der Waals surface area contributed by atoms with E-state index in [4.69, 9.17) is 0 Å². The van der Waals surface area contributed by atoms with Crippen LogP contribution in [0.15, 0.2) is 30.6 Å². The van der Waals surface area contributed by atoms with Gasteiger partial charge in [0.25, 0.3) is 5.91 Å². The molecule has 0 atom stereocenters. The molecule has 0 spiro atoms. The van der Waals surface area contributed by atoms with Crippen molar-refractivity contribution >= 4 is 16.9 Å². The Morgan fingerprint density at radius 1 is 1.33 bits per heavy atom. The van der Waals surface area contributed by atoms with E-state index in [0.717, 1.165) is 48.2 Å². The Balaban J connectivity index is 1.33. The smallest absolute Gasteiger partial charge is 0.272 e. The number of carbonyl (C=O) groups is 1. The van der Waals surface area contributed by atoms with Gasteiger partial charge in [-0.2, -0.15) is 5.10 Å². The van der Waals surface area contributed by atoms with Gasteiger partial charge in [0.15, 0.2) is 5.69 Å². The highest BCUT2D eigenvalue weighted by molar-refractivity contribution is 5.94. The number of hydrogen-bond donors (Lipinski definition) is 3. The average molecular weight is 324 g/mol. The number of H-pyrrole nitrogens is 1. The molecule has 0 radical (unpaired) electrons. The first-order chi connectivity index (χ1) is 11.8. The summed E-state index contributed by atoms with van der Waals surface area (Å²) in [5.41, 5.74) is 4.71. The monoisotopic (exact) mass is 324 g/mol. The molecule has 1 amide bonds. The summed E-state index contributed by atoms with van der Waals surface area (Å²) < 4.78 is 2.11. The van der Waals surface area contributed by atoms with E-state index in [9.17, 15) is 4.79 Å². The Hall–Kier alpha value is -2.67. The van der Waals surface area contributed by atoms with Crippen molar-refractivity contribution in [3.63, 3.8) is 0 Å². The van der Waals surface area contributed by atoms with Crippen LogP contribution in [-0.4, -0.2) is 38.7 Å². The summed E-state index contributed by atoms with van der Waals surface area (Å²) in [6.45, 7) is 3.06. The van der Waals surface area contributed by atoms with Gasteiger partial charge in [0.2, 0.25) is 0 Å². The SMILES string of the molecule is O=C(NCCCn1cnc2ccccc21)c1n[nH]c2c1CNCC2. The normalized spacial score (nSPS) is 13.8. The molecule has 24 heavy (non-hydrogen) atoms. The number of amides is 1. The summed E-state index contributed by atoms with van der Waals surface area (Å²) in [6.07, 6.45) is 3.59. The highest BCUT2D eigenvalue weighted by Gasteiger charge is 2.21. The lowest BCUT2D eigenvalue weighted by molar-refractivity contribution is 0.0946. The van der Waals surface area contributed by atoms with Gasteiger partial charge < -0.3 is 15.2 Å². The minimum absolute atomic E-state index is 0.105. The van der Waals surface area contributed by atoms with E-state index in [2.05, 4.69) is 36.4 Å². The summed E-state index contributed by atoms with van der Waals surface area (Å²) in [4.78, 5) is 16.7. The molecule has 1 aliphatic rings. The number of para-hydroxylation sites is 2. The third-order valence-corrected chi connectivity index (χ3v) is 4.41. The molecule has 0 saturated heterocycles. The molecule has 1 aromatic carbocycles. The van der Waals surface area contributed by atoms with Gasteiger partial charge in [-0.1, -0.05) is 12.1 Å². The standard InChI is InChI=1S/C17H20N6O/c24-17(16-12-10-18-8-6-13(12)21-22-16)19-7-3-9-23-11-20-14-4-1-2-5-15(14)23/h1-2,4-5,11,18H,3,6-10H2,(H,19,24)(H,21,22). The molecular formula is C17H20N6O. The van der Waals surface area contributed by atoms with Crippen LogP contribution in [0.25, 0.3) is 11.0 Å². The Bertz CT molecular complexity index is 865. The zero-order valence-corrected chi connectivity index (χ0v) is 13.4. The van der Waals surface area contributed by atoms with E-state index in [1.807, 2.05) is 24.5 Å². The van der Waals surface area contributed by atoms with Crippen LogP contribution in [0.5, 0.6) is 0 Å². The highest BCUT2D eigenvalue weighted by Crippen LogP contribution is 2.15. The first-order valence-corrected chi connectivity index (χ1v) is 8.28. The minimum Gasteiger partial charge on any atom is -0.351 e. The van der Waals surface area contributed by atoms with Crippen LogP contribution in [0.3, 0.4) is 0 Å². The molecule has 0 aliphatic carbocycles. The maximum atomic E-state index is 12.3. The zero-order valence-electron chi connectivity index (χ0n) is 13.4. The van der Waals surface area contributed by atoms with Crippen LogP contribution in [0, 0.1) is 0 Å². The first kappa shape index (κ1) is 14.9. The van der Waals surface area contributed by atoms with Gasteiger partial charge >= 0.3 is 0 Å². The summed E-state index contributed by atoms with van der Waals surface area (Å²) in [5.74, 6) is -0.105. The highest BCUT2D eigenvalue weighted by atomic mass is 16.1. The van der Waals surface area contributed by atoms with Gasteiger partial charge in [-0.15, -0.1) is 0 Å². The maximum absolute atomic E-state index is 12.3. The van der Waals surface area contributed by atoms with Crippen molar-refractivity contribution in [2.75, 3.05) is 13.1 Å². The summed E-state index contributed by atoms with van der Waals surface area (Å²) in [7, 11) is 0. The number of aromatic amines is 1. The molecule has 2 aromatic heterocycles. The molecule has 7 heteroatoms. The second kappa shape index (κ2) is 6.45. The first-order valence-electron chi connectivity index (χ1n) is 8.28. The van der Waals surface area contributed by atoms with Crippen molar-refractivity contribution in [2.24, 2.45) is 0 Å². The number of aromatic nitrogens is 4. The van der Waals surface area contributed by atoms with Gasteiger partial charge in [-0.3, -0.25) is 9.89 Å². The van der Waals surface area contributed by atoms with Gasteiger partial charge in [0.05, 0.1) is 17.4 Å². The van der Waals surface area contributed by atoms with Gasteiger partial charge in [0, 0.05) is 43.9 Å². The third-order valence-electron chi connectivity index (χ3n) is 4.41. The third kappa shape index (κ3) is 2.78. The molecule has 3 N–H and O–H groups in total. The Morgan fingerprint density at radius 3 is 3.21 bits per heavy atom. The summed E-state index contributed by atoms with van der Waals surface area (Å²) in [5, 5.41) is 13.4. The maximum Gasteiger partial charge on any atom is 0.272 e. The van der Waals surface area contributed by atoms with Crippen LogP contribution in [0.4, 0.5) is 0 Å². The molecule has 0 unspecified atom stereocenters. The average Bonchev–Trinajstić information content (AvgIpc) is 3.23. The van der Waals surface area contributed by atoms with Crippen molar-refractivity contribution in [2.45, 2.75) is 25.9 Å². The van der Waals surface area contributed by atoms with Crippen LogP contribution >= 0.6 is 0 Å². The number of aryl methyl sites for hydroxylation is 1. The fourth-order valence-electron chi connectivity index (χ4n) is 3.14. The van der Waals surface area contributed by atoms with E-state index in [1.165, 1.54) is 0 Å². The summed E-state index contributed by atoms with van der Waals surface area (Å²) >= 11 is 0. The lowest BCUT2D eigenvalue weighted by Gasteiger charge is -2.12. The van der Waals surface area contributed by atoms with Gasteiger partial charge in [-0.05, 0) is 18.6 Å². The Kier molecular flexibility index (Phi) is 4.00. The van der Waals surface area contributed by atoms with Crippen molar-refractivity contribution in [1.29, 1.82) is 0 Å². The predicted molar refractivity (Wildman–Crippen MR) is 90.7 cm³/mol. The van der Waals surface area contributed by atoms with Crippen molar-refractivity contribution in [3.05, 3.63) is 47.5 Å². The quantitative estimate of drug-likeness (QED) is 0.616. The fourth-order valence-corrected chi connectivity index (χ4v) is 3.14. The zero-order chi connectivity index (χ0) is 16.4. The fraction of sp³-hybridized carbons (Fsp3) is 0.353. The van der Waals surface area contributed by atoms with Crippen LogP contribution in [-0.2, 0) is 19.5 Å². The number of nitrogens with one attached hydrogen (secondary N) is 3. The largest absolute Gasteiger partial charge is 0.351 e. The lowest BCUT2D eigenvalue weighted by atomic mass is 10.1. The molecule has 0 saturated carbocycles. The molecule has 124 valence electrons. The number of fused-ring (bicyclic) bond motifs is 2. The van der Waals surface area contributed by atoms with Crippen LogP contribution in [0.2, 0.25) is 0 Å². The van der Waals surface area contributed by atoms with E-state index in [1.54, 1.807) is 0 Å². The number of carbonyl (C=O) groups excluding carboxylic acids is 1. The Morgan fingerprint density at radius 2 is 2.25 bits per heavy atom. The number of nitrogens with zero attached hydrogens (tertiary/aromatic N) is 3. The molecule has 3 heterocycles. The van der Waals surface area contributed by atoms with Crippen molar-refractivity contribution in [3.8, 4) is 0 Å². The van der Waals surface area contributed by atoms with E-state index >= 15 is 0 Å². The molecule has 0 fully saturated rings. The van der Waals surface area contributed by atoms with E-state index in [-0.39, 0.29) is 5.91 Å². The predicted octanol–water partition coefficient (Wildman–Crippen LogP) is 1.23. The topological polar surface area (TPSA) is 87.6 Å². The number of rotatable bonds is 5. The minimum atomic E-state index is -0.105. The lowest BCUT2D eigenvalue weighted by Crippen LogP contribution is -2.29. The van der Waals surface area contributed by atoms with Crippen molar-refractivity contribution < 1.29 is 4.79 Å².